The topological polar surface area (TPSA) is 49.8 Å². The van der Waals surface area contributed by atoms with Gasteiger partial charge >= 0.3 is 0 Å². The van der Waals surface area contributed by atoms with Gasteiger partial charge in [0.1, 0.15) is 11.6 Å². The first-order chi connectivity index (χ1) is 11.0. The Bertz CT molecular complexity index is 676. The van der Waals surface area contributed by atoms with Gasteiger partial charge in [0.05, 0.1) is 19.3 Å². The van der Waals surface area contributed by atoms with Gasteiger partial charge in [-0.1, -0.05) is 28.1 Å². The number of nitrogens with zero attached hydrogens (tertiary/aromatic N) is 1. The van der Waals surface area contributed by atoms with Crippen LogP contribution in [0.1, 0.15) is 15.9 Å². The summed E-state index contributed by atoms with van der Waals surface area (Å²) in [6, 6.07) is 11.5. The molecule has 1 N–H and O–H groups in total. The van der Waals surface area contributed by atoms with Crippen LogP contribution in [-0.4, -0.2) is 36.2 Å². The highest BCUT2D eigenvalue weighted by Crippen LogP contribution is 2.19. The standard InChI is InChI=1S/C17H17BrFNO3/c1-23-14-5-2-12(3-6-14)11-20(8-9-21)17(22)15-7-4-13(18)10-16(15)19/h2-7,10,21H,8-9,11H2,1H3. The van der Waals surface area contributed by atoms with Crippen LogP contribution in [0.5, 0.6) is 5.75 Å². The number of aliphatic hydroxyl groups is 1. The van der Waals surface area contributed by atoms with Crippen molar-refractivity contribution >= 4 is 21.8 Å². The minimum Gasteiger partial charge on any atom is -0.497 e. The smallest absolute Gasteiger partial charge is 0.257 e. The van der Waals surface area contributed by atoms with Crippen LogP contribution in [0.15, 0.2) is 46.9 Å². The zero-order chi connectivity index (χ0) is 16.8. The lowest BCUT2D eigenvalue weighted by Gasteiger charge is -2.22. The third kappa shape index (κ3) is 4.53. The fraction of sp³-hybridized carbons (Fsp3) is 0.235. The summed E-state index contributed by atoms with van der Waals surface area (Å²) in [6.07, 6.45) is 0. The van der Waals surface area contributed by atoms with Crippen LogP contribution in [0.25, 0.3) is 0 Å². The summed E-state index contributed by atoms with van der Waals surface area (Å²) in [6.45, 7) is 0.208. The number of hydrogen-bond donors (Lipinski definition) is 1. The lowest BCUT2D eigenvalue weighted by molar-refractivity contribution is 0.0703. The lowest BCUT2D eigenvalue weighted by atomic mass is 10.1. The van der Waals surface area contributed by atoms with Crippen molar-refractivity contribution < 1.29 is 19.0 Å². The quantitative estimate of drug-likeness (QED) is 0.835. The summed E-state index contributed by atoms with van der Waals surface area (Å²) < 4.78 is 19.6. The Morgan fingerprint density at radius 1 is 1.26 bits per heavy atom. The Balaban J connectivity index is 2.20. The van der Waals surface area contributed by atoms with E-state index in [-0.39, 0.29) is 25.3 Å². The molecule has 0 unspecified atom stereocenters. The molecule has 122 valence electrons. The van der Waals surface area contributed by atoms with E-state index in [2.05, 4.69) is 15.9 Å². The summed E-state index contributed by atoms with van der Waals surface area (Å²) in [7, 11) is 1.58. The van der Waals surface area contributed by atoms with Crippen molar-refractivity contribution in [1.82, 2.24) is 4.90 Å². The van der Waals surface area contributed by atoms with Crippen molar-refractivity contribution in [2.24, 2.45) is 0 Å². The molecule has 0 aromatic heterocycles. The molecule has 0 heterocycles. The van der Waals surface area contributed by atoms with Gasteiger partial charge in [-0.25, -0.2) is 4.39 Å². The molecule has 2 rings (SSSR count). The lowest BCUT2D eigenvalue weighted by Crippen LogP contribution is -2.33. The third-order valence-electron chi connectivity index (χ3n) is 3.35. The zero-order valence-electron chi connectivity index (χ0n) is 12.6. The predicted octanol–water partition coefficient (Wildman–Crippen LogP) is 3.23. The summed E-state index contributed by atoms with van der Waals surface area (Å²) in [4.78, 5) is 13.9. The molecule has 0 aliphatic rings. The first kappa shape index (κ1) is 17.4. The average molecular weight is 382 g/mol. The van der Waals surface area contributed by atoms with Crippen molar-refractivity contribution in [3.63, 3.8) is 0 Å². The van der Waals surface area contributed by atoms with E-state index in [0.717, 1.165) is 5.56 Å². The molecular formula is C17H17BrFNO3. The van der Waals surface area contributed by atoms with Crippen molar-refractivity contribution in [3.8, 4) is 5.75 Å². The van der Waals surface area contributed by atoms with Gasteiger partial charge < -0.3 is 14.7 Å². The van der Waals surface area contributed by atoms with Crippen LogP contribution in [-0.2, 0) is 6.54 Å². The molecule has 0 saturated carbocycles. The number of halogens is 2. The normalized spacial score (nSPS) is 10.4. The molecule has 0 atom stereocenters. The highest BCUT2D eigenvalue weighted by molar-refractivity contribution is 9.10. The molecule has 0 bridgehead atoms. The van der Waals surface area contributed by atoms with Crippen LogP contribution >= 0.6 is 15.9 Å². The van der Waals surface area contributed by atoms with E-state index in [9.17, 15) is 14.3 Å². The van der Waals surface area contributed by atoms with Crippen molar-refractivity contribution in [3.05, 3.63) is 63.9 Å². The minimum atomic E-state index is -0.595. The largest absolute Gasteiger partial charge is 0.497 e. The third-order valence-corrected chi connectivity index (χ3v) is 3.84. The van der Waals surface area contributed by atoms with E-state index in [1.165, 1.54) is 17.0 Å². The van der Waals surface area contributed by atoms with E-state index in [1.54, 1.807) is 25.3 Å². The van der Waals surface area contributed by atoms with Crippen LogP contribution < -0.4 is 4.74 Å². The second kappa shape index (κ2) is 8.08. The van der Waals surface area contributed by atoms with Crippen molar-refractivity contribution in [2.45, 2.75) is 6.54 Å². The number of rotatable bonds is 6. The maximum absolute atomic E-state index is 14.0. The molecule has 0 aliphatic heterocycles. The molecule has 0 radical (unpaired) electrons. The van der Waals surface area contributed by atoms with E-state index in [1.807, 2.05) is 12.1 Å². The first-order valence-corrected chi connectivity index (χ1v) is 7.82. The Morgan fingerprint density at radius 2 is 1.96 bits per heavy atom. The Morgan fingerprint density at radius 3 is 2.52 bits per heavy atom. The van der Waals surface area contributed by atoms with Crippen LogP contribution in [0.3, 0.4) is 0 Å². The number of methoxy groups -OCH3 is 1. The van der Waals surface area contributed by atoms with E-state index in [0.29, 0.717) is 10.2 Å². The number of benzene rings is 2. The summed E-state index contributed by atoms with van der Waals surface area (Å²) >= 11 is 3.16. The molecule has 23 heavy (non-hydrogen) atoms. The van der Waals surface area contributed by atoms with Crippen LogP contribution in [0.4, 0.5) is 4.39 Å². The molecule has 2 aromatic rings. The molecule has 0 saturated heterocycles. The monoisotopic (exact) mass is 381 g/mol. The second-order valence-electron chi connectivity index (χ2n) is 4.92. The van der Waals surface area contributed by atoms with Crippen molar-refractivity contribution in [1.29, 1.82) is 0 Å². The maximum Gasteiger partial charge on any atom is 0.257 e. The fourth-order valence-electron chi connectivity index (χ4n) is 2.16. The summed E-state index contributed by atoms with van der Waals surface area (Å²) in [5.41, 5.74) is 0.847. The first-order valence-electron chi connectivity index (χ1n) is 7.03. The minimum absolute atomic E-state index is 0.0184. The molecular weight excluding hydrogens is 365 g/mol. The molecule has 6 heteroatoms. The zero-order valence-corrected chi connectivity index (χ0v) is 14.2. The van der Waals surface area contributed by atoms with Gasteiger partial charge in [-0.2, -0.15) is 0 Å². The molecule has 0 fully saturated rings. The van der Waals surface area contributed by atoms with Gasteiger partial charge in [0.15, 0.2) is 0 Å². The Kier molecular flexibility index (Phi) is 6.12. The van der Waals surface area contributed by atoms with Gasteiger partial charge in [0.25, 0.3) is 5.91 Å². The molecule has 0 spiro atoms. The molecule has 4 nitrogen and oxygen atoms in total. The second-order valence-corrected chi connectivity index (χ2v) is 5.84. The average Bonchev–Trinajstić information content (AvgIpc) is 2.54. The van der Waals surface area contributed by atoms with Crippen LogP contribution in [0.2, 0.25) is 0 Å². The molecule has 0 aliphatic carbocycles. The maximum atomic E-state index is 14.0. The van der Waals surface area contributed by atoms with Crippen LogP contribution in [0, 0.1) is 5.82 Å². The van der Waals surface area contributed by atoms with Gasteiger partial charge in [0.2, 0.25) is 0 Å². The Labute approximate surface area is 142 Å². The van der Waals surface area contributed by atoms with E-state index in [4.69, 9.17) is 4.74 Å². The highest BCUT2D eigenvalue weighted by atomic mass is 79.9. The Hall–Kier alpha value is -1.92. The summed E-state index contributed by atoms with van der Waals surface area (Å²) in [5.74, 6) is -0.338. The number of ether oxygens (including phenoxy) is 1. The highest BCUT2D eigenvalue weighted by Gasteiger charge is 2.19. The van der Waals surface area contributed by atoms with E-state index >= 15 is 0 Å². The number of hydrogen-bond acceptors (Lipinski definition) is 3. The predicted molar refractivity (Wildman–Crippen MR) is 88.9 cm³/mol. The SMILES string of the molecule is COc1ccc(CN(CCO)C(=O)c2ccc(Br)cc2F)cc1. The van der Waals surface area contributed by atoms with Gasteiger partial charge in [0, 0.05) is 17.6 Å². The molecule has 1 amide bonds. The molecule has 2 aromatic carbocycles. The van der Waals surface area contributed by atoms with E-state index < -0.39 is 11.7 Å². The van der Waals surface area contributed by atoms with Gasteiger partial charge in [-0.15, -0.1) is 0 Å². The van der Waals surface area contributed by atoms with Gasteiger partial charge in [-0.05, 0) is 35.9 Å². The fourth-order valence-corrected chi connectivity index (χ4v) is 2.49. The summed E-state index contributed by atoms with van der Waals surface area (Å²) in [5, 5.41) is 9.19. The number of aliphatic hydroxyl groups excluding tert-OH is 1. The number of carbonyl (C=O) groups is 1. The van der Waals surface area contributed by atoms with Gasteiger partial charge in [-0.3, -0.25) is 4.79 Å². The number of amides is 1. The number of carbonyl (C=O) groups excluding carboxylic acids is 1. The van der Waals surface area contributed by atoms with Crippen molar-refractivity contribution in [2.75, 3.05) is 20.3 Å².